The van der Waals surface area contributed by atoms with Crippen LogP contribution in [0.15, 0.2) is 29.6 Å². The van der Waals surface area contributed by atoms with Crippen LogP contribution in [-0.4, -0.2) is 9.91 Å². The first-order valence-electron chi connectivity index (χ1n) is 5.50. The maximum atomic E-state index is 10.9. The summed E-state index contributed by atoms with van der Waals surface area (Å²) in [7, 11) is 0. The van der Waals surface area contributed by atoms with Crippen LogP contribution in [0.2, 0.25) is 0 Å². The molecule has 2 rings (SSSR count). The molecule has 2 aromatic rings. The van der Waals surface area contributed by atoms with Crippen molar-refractivity contribution < 1.29 is 4.92 Å². The number of nitrogens with one attached hydrogen (secondary N) is 1. The van der Waals surface area contributed by atoms with E-state index < -0.39 is 4.92 Å². The quantitative estimate of drug-likeness (QED) is 0.676. The number of aryl methyl sites for hydroxylation is 1. The second-order valence-electron chi connectivity index (χ2n) is 3.96. The fraction of sp³-hybridized carbons (Fsp3) is 0.250. The van der Waals surface area contributed by atoms with Crippen LogP contribution in [0.4, 0.5) is 11.5 Å². The Kier molecular flexibility index (Phi) is 3.57. The van der Waals surface area contributed by atoms with Gasteiger partial charge in [-0.1, -0.05) is 6.07 Å². The van der Waals surface area contributed by atoms with Crippen LogP contribution in [0.1, 0.15) is 23.5 Å². The maximum Gasteiger partial charge on any atom is 0.311 e. The molecule has 1 atom stereocenters. The first kappa shape index (κ1) is 12.5. The zero-order chi connectivity index (χ0) is 13.1. The van der Waals surface area contributed by atoms with Crippen LogP contribution in [0.25, 0.3) is 0 Å². The van der Waals surface area contributed by atoms with E-state index in [9.17, 15) is 10.1 Å². The van der Waals surface area contributed by atoms with Gasteiger partial charge in [-0.05, 0) is 31.4 Å². The largest absolute Gasteiger partial charge is 0.357 e. The molecule has 0 radical (unpaired) electrons. The van der Waals surface area contributed by atoms with Gasteiger partial charge in [0.2, 0.25) is 5.82 Å². The van der Waals surface area contributed by atoms with E-state index in [4.69, 9.17) is 0 Å². The monoisotopic (exact) mass is 263 g/mol. The van der Waals surface area contributed by atoms with Crippen LogP contribution in [-0.2, 0) is 0 Å². The zero-order valence-electron chi connectivity index (χ0n) is 10.1. The number of thiophene rings is 1. The number of aromatic nitrogens is 1. The van der Waals surface area contributed by atoms with Gasteiger partial charge in [0.1, 0.15) is 0 Å². The smallest absolute Gasteiger partial charge is 0.311 e. The Bertz CT molecular complexity index is 554. The van der Waals surface area contributed by atoms with Crippen LogP contribution >= 0.6 is 11.3 Å². The summed E-state index contributed by atoms with van der Waals surface area (Å²) in [4.78, 5) is 15.8. The van der Waals surface area contributed by atoms with E-state index in [1.54, 1.807) is 17.4 Å². The molecule has 0 bridgehead atoms. The number of pyridine rings is 1. The van der Waals surface area contributed by atoms with Crippen molar-refractivity contribution >= 4 is 22.8 Å². The van der Waals surface area contributed by atoms with Gasteiger partial charge in [0, 0.05) is 16.6 Å². The predicted octanol–water partition coefficient (Wildman–Crippen LogP) is 3.53. The lowest BCUT2D eigenvalue weighted by Gasteiger charge is -2.13. The molecule has 2 heterocycles. The minimum atomic E-state index is -0.421. The zero-order valence-corrected chi connectivity index (χ0v) is 10.9. The molecule has 0 aliphatic heterocycles. The molecule has 6 heteroatoms. The molecule has 94 valence electrons. The highest BCUT2D eigenvalue weighted by Gasteiger charge is 2.17. The molecule has 0 aromatic carbocycles. The third kappa shape index (κ3) is 2.65. The third-order valence-electron chi connectivity index (χ3n) is 2.53. The Balaban J connectivity index is 2.28. The lowest BCUT2D eigenvalue weighted by Crippen LogP contribution is -2.09. The number of nitro groups is 1. The lowest BCUT2D eigenvalue weighted by atomic mass is 10.2. The van der Waals surface area contributed by atoms with E-state index in [1.165, 1.54) is 6.07 Å². The van der Waals surface area contributed by atoms with Crippen molar-refractivity contribution in [1.82, 2.24) is 4.98 Å². The molecule has 18 heavy (non-hydrogen) atoms. The highest BCUT2D eigenvalue weighted by atomic mass is 32.1. The van der Waals surface area contributed by atoms with Gasteiger partial charge >= 0.3 is 5.69 Å². The summed E-state index contributed by atoms with van der Waals surface area (Å²) in [5.41, 5.74) is 0.755. The molecule has 0 aliphatic carbocycles. The van der Waals surface area contributed by atoms with Gasteiger partial charge < -0.3 is 5.32 Å². The first-order chi connectivity index (χ1) is 8.58. The van der Waals surface area contributed by atoms with Crippen molar-refractivity contribution in [1.29, 1.82) is 0 Å². The Morgan fingerprint density at radius 1 is 1.44 bits per heavy atom. The predicted molar refractivity (Wildman–Crippen MR) is 72.0 cm³/mol. The van der Waals surface area contributed by atoms with E-state index in [0.29, 0.717) is 5.82 Å². The van der Waals surface area contributed by atoms with Gasteiger partial charge in [0.25, 0.3) is 0 Å². The summed E-state index contributed by atoms with van der Waals surface area (Å²) in [6, 6.07) is 7.06. The lowest BCUT2D eigenvalue weighted by molar-refractivity contribution is -0.384. The summed E-state index contributed by atoms with van der Waals surface area (Å²) in [5.74, 6) is 0.320. The molecule has 5 nitrogen and oxygen atoms in total. The average Bonchev–Trinajstić information content (AvgIpc) is 2.81. The second-order valence-corrected chi connectivity index (χ2v) is 4.94. The molecular formula is C12H13N3O2S. The Labute approximate surface area is 109 Å². The molecule has 1 N–H and O–H groups in total. The van der Waals surface area contributed by atoms with Crippen molar-refractivity contribution in [3.63, 3.8) is 0 Å². The van der Waals surface area contributed by atoms with Crippen molar-refractivity contribution in [2.75, 3.05) is 5.32 Å². The highest BCUT2D eigenvalue weighted by Crippen LogP contribution is 2.28. The number of nitrogens with zero attached hydrogens (tertiary/aromatic N) is 2. The summed E-state index contributed by atoms with van der Waals surface area (Å²) in [6.07, 6.45) is 0. The van der Waals surface area contributed by atoms with E-state index in [-0.39, 0.29) is 11.7 Å². The minimum absolute atomic E-state index is 0.00185. The first-order valence-corrected chi connectivity index (χ1v) is 6.38. The normalized spacial score (nSPS) is 12.1. The molecule has 0 aliphatic rings. The van der Waals surface area contributed by atoms with Crippen LogP contribution in [0.3, 0.4) is 0 Å². The van der Waals surface area contributed by atoms with Gasteiger partial charge in [-0.2, -0.15) is 0 Å². The summed E-state index contributed by atoms with van der Waals surface area (Å²) < 4.78 is 0. The fourth-order valence-electron chi connectivity index (χ4n) is 1.62. The van der Waals surface area contributed by atoms with E-state index in [2.05, 4.69) is 10.3 Å². The summed E-state index contributed by atoms with van der Waals surface area (Å²) in [6.45, 7) is 3.77. The van der Waals surface area contributed by atoms with Crippen molar-refractivity contribution in [3.05, 3.63) is 50.3 Å². The molecule has 0 fully saturated rings. The van der Waals surface area contributed by atoms with Gasteiger partial charge in [0.05, 0.1) is 11.0 Å². The molecule has 1 unspecified atom stereocenters. The standard InChI is InChI=1S/C12H13N3O2S/c1-8-5-6-10(15(16)17)12(13-8)14-9(2)11-4-3-7-18-11/h3-7,9H,1-2H3,(H,13,14). The molecular weight excluding hydrogens is 250 g/mol. The van der Waals surface area contributed by atoms with Crippen LogP contribution in [0.5, 0.6) is 0 Å². The molecule has 2 aromatic heterocycles. The topological polar surface area (TPSA) is 68.1 Å². The summed E-state index contributed by atoms with van der Waals surface area (Å²) >= 11 is 1.61. The third-order valence-corrected chi connectivity index (χ3v) is 3.59. The Hall–Kier alpha value is -1.95. The van der Waals surface area contributed by atoms with Crippen molar-refractivity contribution in [2.24, 2.45) is 0 Å². The molecule has 0 spiro atoms. The highest BCUT2D eigenvalue weighted by molar-refractivity contribution is 7.10. The SMILES string of the molecule is Cc1ccc([N+](=O)[O-])c(NC(C)c2cccs2)n1. The number of hydrogen-bond acceptors (Lipinski definition) is 5. The average molecular weight is 263 g/mol. The van der Waals surface area contributed by atoms with Gasteiger partial charge in [-0.25, -0.2) is 4.98 Å². The van der Waals surface area contributed by atoms with Crippen LogP contribution < -0.4 is 5.32 Å². The fourth-order valence-corrected chi connectivity index (χ4v) is 2.35. The maximum absolute atomic E-state index is 10.9. The van der Waals surface area contributed by atoms with Crippen molar-refractivity contribution in [3.8, 4) is 0 Å². The van der Waals surface area contributed by atoms with Gasteiger partial charge in [-0.15, -0.1) is 11.3 Å². The molecule has 0 saturated heterocycles. The number of hydrogen-bond donors (Lipinski definition) is 1. The van der Waals surface area contributed by atoms with E-state index in [0.717, 1.165) is 10.6 Å². The molecule has 0 amide bonds. The minimum Gasteiger partial charge on any atom is -0.357 e. The second kappa shape index (κ2) is 5.14. The van der Waals surface area contributed by atoms with E-state index >= 15 is 0 Å². The molecule has 0 saturated carbocycles. The Morgan fingerprint density at radius 2 is 2.22 bits per heavy atom. The van der Waals surface area contributed by atoms with Crippen LogP contribution in [0, 0.1) is 17.0 Å². The van der Waals surface area contributed by atoms with E-state index in [1.807, 2.05) is 31.4 Å². The number of anilines is 1. The van der Waals surface area contributed by atoms with Crippen molar-refractivity contribution in [2.45, 2.75) is 19.9 Å². The van der Waals surface area contributed by atoms with Gasteiger partial charge in [-0.3, -0.25) is 10.1 Å². The Morgan fingerprint density at radius 3 is 2.83 bits per heavy atom. The van der Waals surface area contributed by atoms with Gasteiger partial charge in [0.15, 0.2) is 0 Å². The number of rotatable bonds is 4. The summed E-state index contributed by atoms with van der Waals surface area (Å²) in [5, 5.41) is 16.0.